The number of aromatic nitrogens is 4. The van der Waals surface area contributed by atoms with Crippen LogP contribution in [-0.2, 0) is 24.3 Å². The summed E-state index contributed by atoms with van der Waals surface area (Å²) in [5, 5.41) is 3.06. The van der Waals surface area contributed by atoms with Crippen molar-refractivity contribution in [3.8, 4) is 0 Å². The van der Waals surface area contributed by atoms with Gasteiger partial charge >= 0.3 is 0 Å². The molecule has 1 unspecified atom stereocenters. The molecule has 0 saturated heterocycles. The van der Waals surface area contributed by atoms with Gasteiger partial charge in [-0.2, -0.15) is 0 Å². The molecular weight excluding hydrogens is 352 g/mol. The first-order valence-corrected chi connectivity index (χ1v) is 10.4. The lowest BCUT2D eigenvalue weighted by Gasteiger charge is -2.27. The van der Waals surface area contributed by atoms with Crippen LogP contribution < -0.4 is 10.2 Å². The summed E-state index contributed by atoms with van der Waals surface area (Å²) in [6.45, 7) is 1.34. The van der Waals surface area contributed by atoms with Gasteiger partial charge in [-0.1, -0.05) is 19.3 Å². The van der Waals surface area contributed by atoms with Crippen LogP contribution in [0.1, 0.15) is 61.7 Å². The van der Waals surface area contributed by atoms with Crippen LogP contribution in [0, 0.1) is 5.92 Å². The Morgan fingerprint density at radius 2 is 2.04 bits per heavy atom. The lowest BCUT2D eigenvalue weighted by atomic mass is 9.88. The maximum Gasteiger partial charge on any atom is 0.225 e. The maximum absolute atomic E-state index is 12.7. The molecule has 1 N–H and O–H groups in total. The van der Waals surface area contributed by atoms with E-state index in [0.717, 1.165) is 25.1 Å². The van der Waals surface area contributed by atoms with Crippen LogP contribution in [0.5, 0.6) is 0 Å². The van der Waals surface area contributed by atoms with E-state index in [4.69, 9.17) is 4.98 Å². The van der Waals surface area contributed by atoms with E-state index in [9.17, 15) is 4.79 Å². The number of fused-ring (bicyclic) bond motifs is 1. The third kappa shape index (κ3) is 4.03. The smallest absolute Gasteiger partial charge is 0.225 e. The van der Waals surface area contributed by atoms with Crippen molar-refractivity contribution in [1.82, 2.24) is 24.8 Å². The fourth-order valence-corrected chi connectivity index (χ4v) is 4.42. The Labute approximate surface area is 166 Å². The predicted octanol–water partition coefficient (Wildman–Crippen LogP) is 2.67. The highest BCUT2D eigenvalue weighted by Crippen LogP contribution is 2.34. The highest BCUT2D eigenvalue weighted by Gasteiger charge is 2.29. The molecule has 7 heteroatoms. The summed E-state index contributed by atoms with van der Waals surface area (Å²) in [7, 11) is 3.81. The SMILES string of the molecule is CN(C)c1nccc(CNC(=O)C2CCn3c(cnc3C3CCCCC3)C2)n1. The van der Waals surface area contributed by atoms with Crippen LogP contribution in [0.4, 0.5) is 5.95 Å². The average Bonchev–Trinajstić information content (AvgIpc) is 3.16. The Morgan fingerprint density at radius 3 is 2.82 bits per heavy atom. The molecule has 2 aromatic heterocycles. The van der Waals surface area contributed by atoms with E-state index in [-0.39, 0.29) is 11.8 Å². The van der Waals surface area contributed by atoms with Gasteiger partial charge in [-0.3, -0.25) is 4.79 Å². The minimum atomic E-state index is 0.0126. The first-order chi connectivity index (χ1) is 13.6. The molecule has 150 valence electrons. The van der Waals surface area contributed by atoms with E-state index < -0.39 is 0 Å². The average molecular weight is 383 g/mol. The second kappa shape index (κ2) is 8.29. The minimum absolute atomic E-state index is 0.0126. The van der Waals surface area contributed by atoms with Gasteiger partial charge in [0.05, 0.1) is 12.2 Å². The molecule has 7 nitrogen and oxygen atoms in total. The van der Waals surface area contributed by atoms with Crippen molar-refractivity contribution in [2.75, 3.05) is 19.0 Å². The Bertz CT molecular complexity index is 824. The largest absolute Gasteiger partial charge is 0.350 e. The molecule has 0 spiro atoms. The number of amides is 1. The standard InChI is InChI=1S/C21H30N6O/c1-26(2)21-22-10-8-17(25-21)13-24-20(28)16-9-11-27-18(12-16)14-23-19(27)15-6-4-3-5-7-15/h8,10,14-16H,3-7,9,11-13H2,1-2H3,(H,24,28). The van der Waals surface area contributed by atoms with Gasteiger partial charge in [0.2, 0.25) is 11.9 Å². The van der Waals surface area contributed by atoms with Crippen molar-refractivity contribution in [2.24, 2.45) is 5.92 Å². The van der Waals surface area contributed by atoms with Crippen LogP contribution in [0.3, 0.4) is 0 Å². The van der Waals surface area contributed by atoms with Crippen molar-refractivity contribution in [1.29, 1.82) is 0 Å². The number of hydrogen-bond acceptors (Lipinski definition) is 5. The summed E-state index contributed by atoms with van der Waals surface area (Å²) < 4.78 is 2.38. The molecule has 1 saturated carbocycles. The van der Waals surface area contributed by atoms with Crippen molar-refractivity contribution in [3.05, 3.63) is 35.7 Å². The highest BCUT2D eigenvalue weighted by atomic mass is 16.1. The molecule has 28 heavy (non-hydrogen) atoms. The number of nitrogens with zero attached hydrogens (tertiary/aromatic N) is 5. The molecule has 1 amide bonds. The van der Waals surface area contributed by atoms with E-state index in [2.05, 4.69) is 19.9 Å². The molecular formula is C21H30N6O. The van der Waals surface area contributed by atoms with Crippen molar-refractivity contribution < 1.29 is 4.79 Å². The van der Waals surface area contributed by atoms with Gasteiger partial charge in [0.1, 0.15) is 5.82 Å². The van der Waals surface area contributed by atoms with Crippen molar-refractivity contribution in [3.63, 3.8) is 0 Å². The number of hydrogen-bond donors (Lipinski definition) is 1. The van der Waals surface area contributed by atoms with Crippen molar-refractivity contribution in [2.45, 2.75) is 64.0 Å². The quantitative estimate of drug-likeness (QED) is 0.860. The summed E-state index contributed by atoms with van der Waals surface area (Å²) in [5.74, 6) is 2.64. The first-order valence-electron chi connectivity index (χ1n) is 10.4. The zero-order valence-corrected chi connectivity index (χ0v) is 16.9. The third-order valence-electron chi connectivity index (χ3n) is 6.01. The Hall–Kier alpha value is -2.44. The Balaban J connectivity index is 1.36. The molecule has 0 bridgehead atoms. The van der Waals surface area contributed by atoms with E-state index in [1.54, 1.807) is 6.20 Å². The van der Waals surface area contributed by atoms with Crippen LogP contribution in [0.25, 0.3) is 0 Å². The van der Waals surface area contributed by atoms with E-state index in [1.807, 2.05) is 31.3 Å². The number of rotatable bonds is 5. The molecule has 1 fully saturated rings. The Kier molecular flexibility index (Phi) is 5.59. The van der Waals surface area contributed by atoms with Gasteiger partial charge in [0.15, 0.2) is 0 Å². The normalized spacial score (nSPS) is 19.9. The third-order valence-corrected chi connectivity index (χ3v) is 6.01. The molecule has 4 rings (SSSR count). The minimum Gasteiger partial charge on any atom is -0.350 e. The van der Waals surface area contributed by atoms with Gasteiger partial charge in [-0.25, -0.2) is 15.0 Å². The number of imidazole rings is 1. The zero-order valence-electron chi connectivity index (χ0n) is 16.9. The van der Waals surface area contributed by atoms with Gasteiger partial charge < -0.3 is 14.8 Å². The fourth-order valence-electron chi connectivity index (χ4n) is 4.42. The fraction of sp³-hybridized carbons (Fsp3) is 0.619. The lowest BCUT2D eigenvalue weighted by molar-refractivity contribution is -0.125. The summed E-state index contributed by atoms with van der Waals surface area (Å²) in [4.78, 5) is 28.0. The number of anilines is 1. The summed E-state index contributed by atoms with van der Waals surface area (Å²) in [6.07, 6.45) is 11.9. The van der Waals surface area contributed by atoms with Crippen molar-refractivity contribution >= 4 is 11.9 Å². The molecule has 0 radical (unpaired) electrons. The number of carbonyl (C=O) groups is 1. The zero-order chi connectivity index (χ0) is 19.5. The van der Waals surface area contributed by atoms with Gasteiger partial charge in [-0.15, -0.1) is 0 Å². The van der Waals surface area contributed by atoms with E-state index in [0.29, 0.717) is 18.4 Å². The Morgan fingerprint density at radius 1 is 1.21 bits per heavy atom. The monoisotopic (exact) mass is 382 g/mol. The van der Waals surface area contributed by atoms with E-state index >= 15 is 0 Å². The van der Waals surface area contributed by atoms with E-state index in [1.165, 1.54) is 43.6 Å². The lowest BCUT2D eigenvalue weighted by Crippen LogP contribution is -2.35. The maximum atomic E-state index is 12.7. The van der Waals surface area contributed by atoms with Crippen LogP contribution in [-0.4, -0.2) is 39.5 Å². The first kappa shape index (κ1) is 18.9. The number of carbonyl (C=O) groups excluding carboxylic acids is 1. The second-order valence-electron chi connectivity index (χ2n) is 8.24. The topological polar surface area (TPSA) is 75.9 Å². The molecule has 1 aliphatic heterocycles. The van der Waals surface area contributed by atoms with Crippen LogP contribution in [0.15, 0.2) is 18.5 Å². The van der Waals surface area contributed by atoms with Gasteiger partial charge in [-0.05, 0) is 25.3 Å². The highest BCUT2D eigenvalue weighted by molar-refractivity contribution is 5.79. The van der Waals surface area contributed by atoms with Crippen LogP contribution >= 0.6 is 0 Å². The predicted molar refractivity (Wildman–Crippen MR) is 108 cm³/mol. The molecule has 1 atom stereocenters. The molecule has 0 aromatic carbocycles. The molecule has 1 aliphatic carbocycles. The molecule has 3 heterocycles. The summed E-state index contributed by atoms with van der Waals surface area (Å²) in [6, 6.07) is 1.85. The number of nitrogens with one attached hydrogen (secondary N) is 1. The van der Waals surface area contributed by atoms with Gasteiger partial charge in [0.25, 0.3) is 0 Å². The second-order valence-corrected chi connectivity index (χ2v) is 8.24. The molecule has 2 aromatic rings. The molecule has 2 aliphatic rings. The van der Waals surface area contributed by atoms with Crippen LogP contribution in [0.2, 0.25) is 0 Å². The summed E-state index contributed by atoms with van der Waals surface area (Å²) >= 11 is 0. The van der Waals surface area contributed by atoms with Gasteiger partial charge in [0, 0.05) is 57.0 Å². The summed E-state index contributed by atoms with van der Waals surface area (Å²) in [5.41, 5.74) is 2.04.